The van der Waals surface area contributed by atoms with E-state index in [0.717, 1.165) is 12.1 Å². The van der Waals surface area contributed by atoms with Gasteiger partial charge in [-0.2, -0.15) is 0 Å². The first-order valence-electron chi connectivity index (χ1n) is 8.22. The minimum Gasteiger partial charge on any atom is -0.290 e. The van der Waals surface area contributed by atoms with E-state index in [9.17, 15) is 4.79 Å². The summed E-state index contributed by atoms with van der Waals surface area (Å²) in [7, 11) is 0. The monoisotopic (exact) mass is 291 g/mol. The standard InChI is InChI=1S/C20H21NO/c1-19-12-6-5-9-17(19)20(13-10-16(22)11-14-20)18(21-19)15-7-3-2-4-8-15/h2-4,7-8,10-11,13-14,17H,5-6,9,12H2,1H3. The van der Waals surface area contributed by atoms with Crippen molar-refractivity contribution in [3.63, 3.8) is 0 Å². The highest BCUT2D eigenvalue weighted by Gasteiger charge is 2.55. The van der Waals surface area contributed by atoms with Crippen molar-refractivity contribution in [1.82, 2.24) is 0 Å². The Bertz CT molecular complexity index is 682. The summed E-state index contributed by atoms with van der Waals surface area (Å²) < 4.78 is 0. The van der Waals surface area contributed by atoms with E-state index in [2.05, 4.69) is 43.3 Å². The molecule has 1 fully saturated rings. The molecule has 1 saturated carbocycles. The van der Waals surface area contributed by atoms with Crippen LogP contribution in [0.3, 0.4) is 0 Å². The Morgan fingerprint density at radius 1 is 1.09 bits per heavy atom. The van der Waals surface area contributed by atoms with Crippen molar-refractivity contribution in [2.75, 3.05) is 0 Å². The molecule has 1 aromatic rings. The van der Waals surface area contributed by atoms with Gasteiger partial charge in [0.25, 0.3) is 0 Å². The normalized spacial score (nSPS) is 32.1. The molecule has 0 aromatic heterocycles. The maximum absolute atomic E-state index is 11.7. The number of nitrogens with zero attached hydrogens (tertiary/aromatic N) is 1. The number of allylic oxidation sites excluding steroid dienone is 4. The third kappa shape index (κ3) is 1.86. The second kappa shape index (κ2) is 4.77. The number of carbonyl (C=O) groups is 1. The summed E-state index contributed by atoms with van der Waals surface area (Å²) in [5.74, 6) is 0.548. The van der Waals surface area contributed by atoms with E-state index >= 15 is 0 Å². The largest absolute Gasteiger partial charge is 0.290 e. The van der Waals surface area contributed by atoms with E-state index in [1.807, 2.05) is 6.07 Å². The molecule has 0 bridgehead atoms. The SMILES string of the molecule is CC12CCCCC1C1(C=CC(=O)C=C1)C(c1ccccc1)=N2. The number of carbonyl (C=O) groups excluding carboxylic acids is 1. The average Bonchev–Trinajstić information content (AvgIpc) is 2.81. The first-order chi connectivity index (χ1) is 10.6. The summed E-state index contributed by atoms with van der Waals surface area (Å²) in [6.07, 6.45) is 12.5. The zero-order valence-electron chi connectivity index (χ0n) is 13.0. The van der Waals surface area contributed by atoms with E-state index in [1.165, 1.54) is 24.8 Å². The zero-order chi connectivity index (χ0) is 15.2. The quantitative estimate of drug-likeness (QED) is 0.765. The van der Waals surface area contributed by atoms with Gasteiger partial charge >= 0.3 is 0 Å². The van der Waals surface area contributed by atoms with Crippen molar-refractivity contribution < 1.29 is 4.79 Å². The summed E-state index contributed by atoms with van der Waals surface area (Å²) in [4.78, 5) is 16.9. The highest BCUT2D eigenvalue weighted by Crippen LogP contribution is 2.55. The molecule has 1 aliphatic heterocycles. The lowest BCUT2D eigenvalue weighted by Gasteiger charge is -2.42. The zero-order valence-corrected chi connectivity index (χ0v) is 13.0. The fourth-order valence-electron chi connectivity index (χ4n) is 4.57. The number of benzene rings is 1. The molecule has 1 heterocycles. The van der Waals surface area contributed by atoms with E-state index in [4.69, 9.17) is 4.99 Å². The fourth-order valence-corrected chi connectivity index (χ4v) is 4.57. The summed E-state index contributed by atoms with van der Waals surface area (Å²) in [6, 6.07) is 10.4. The molecule has 0 radical (unpaired) electrons. The second-order valence-corrected chi connectivity index (χ2v) is 6.98. The van der Waals surface area contributed by atoms with E-state index < -0.39 is 0 Å². The molecule has 2 atom stereocenters. The smallest absolute Gasteiger partial charge is 0.178 e. The topological polar surface area (TPSA) is 29.4 Å². The molecular weight excluding hydrogens is 270 g/mol. The molecule has 2 nitrogen and oxygen atoms in total. The van der Waals surface area contributed by atoms with Crippen molar-refractivity contribution in [2.24, 2.45) is 16.3 Å². The third-order valence-electron chi connectivity index (χ3n) is 5.62. The molecule has 2 aliphatic carbocycles. The number of fused-ring (bicyclic) bond motifs is 2. The van der Waals surface area contributed by atoms with Gasteiger partial charge in [0.2, 0.25) is 0 Å². The lowest BCUT2D eigenvalue weighted by Crippen LogP contribution is -2.42. The Labute approximate surface area is 131 Å². The molecule has 0 amide bonds. The van der Waals surface area contributed by atoms with Gasteiger partial charge in [0.05, 0.1) is 16.7 Å². The summed E-state index contributed by atoms with van der Waals surface area (Å²) in [6.45, 7) is 2.30. The van der Waals surface area contributed by atoms with Gasteiger partial charge in [-0.1, -0.05) is 55.3 Å². The number of rotatable bonds is 1. The molecule has 1 spiro atoms. The van der Waals surface area contributed by atoms with Gasteiger partial charge in [-0.05, 0) is 37.5 Å². The Balaban J connectivity index is 1.90. The number of hydrogen-bond acceptors (Lipinski definition) is 2. The van der Waals surface area contributed by atoms with Crippen LogP contribution >= 0.6 is 0 Å². The summed E-state index contributed by atoms with van der Waals surface area (Å²) >= 11 is 0. The Kier molecular flexibility index (Phi) is 2.97. The van der Waals surface area contributed by atoms with Gasteiger partial charge in [0.15, 0.2) is 5.78 Å². The van der Waals surface area contributed by atoms with Crippen LogP contribution < -0.4 is 0 Å². The van der Waals surface area contributed by atoms with E-state index in [0.29, 0.717) is 5.92 Å². The minimum absolute atomic E-state index is 0.00150. The molecule has 0 N–H and O–H groups in total. The number of hydrogen-bond donors (Lipinski definition) is 0. The lowest BCUT2D eigenvalue weighted by atomic mass is 9.60. The molecule has 1 aromatic carbocycles. The molecule has 4 rings (SSSR count). The molecule has 0 saturated heterocycles. The number of aliphatic imine (C=N–C) groups is 1. The maximum atomic E-state index is 11.7. The molecule has 2 unspecified atom stereocenters. The van der Waals surface area contributed by atoms with Crippen molar-refractivity contribution in [3.05, 3.63) is 60.2 Å². The van der Waals surface area contributed by atoms with Crippen LogP contribution in [0.2, 0.25) is 0 Å². The predicted octanol–water partition coefficient (Wildman–Crippen LogP) is 4.12. The average molecular weight is 291 g/mol. The summed E-state index contributed by atoms with van der Waals surface area (Å²) in [5, 5.41) is 0. The van der Waals surface area contributed by atoms with Gasteiger partial charge < -0.3 is 0 Å². The van der Waals surface area contributed by atoms with E-state index in [-0.39, 0.29) is 16.7 Å². The van der Waals surface area contributed by atoms with Crippen LogP contribution in [0.15, 0.2) is 59.6 Å². The van der Waals surface area contributed by atoms with Crippen LogP contribution in [0.1, 0.15) is 38.2 Å². The van der Waals surface area contributed by atoms with Crippen LogP contribution in [0.5, 0.6) is 0 Å². The van der Waals surface area contributed by atoms with Crippen LogP contribution in [0.4, 0.5) is 0 Å². The van der Waals surface area contributed by atoms with Crippen molar-refractivity contribution in [2.45, 2.75) is 38.1 Å². The second-order valence-electron chi connectivity index (χ2n) is 6.98. The fraction of sp³-hybridized carbons (Fsp3) is 0.400. The predicted molar refractivity (Wildman–Crippen MR) is 89.1 cm³/mol. The van der Waals surface area contributed by atoms with Gasteiger partial charge in [-0.3, -0.25) is 9.79 Å². The Morgan fingerprint density at radius 2 is 1.82 bits per heavy atom. The van der Waals surface area contributed by atoms with Gasteiger partial charge in [0, 0.05) is 5.92 Å². The maximum Gasteiger partial charge on any atom is 0.178 e. The van der Waals surface area contributed by atoms with Gasteiger partial charge in [-0.15, -0.1) is 0 Å². The Morgan fingerprint density at radius 3 is 2.55 bits per heavy atom. The molecule has 3 aliphatic rings. The third-order valence-corrected chi connectivity index (χ3v) is 5.62. The van der Waals surface area contributed by atoms with Gasteiger partial charge in [0.1, 0.15) is 0 Å². The lowest BCUT2D eigenvalue weighted by molar-refractivity contribution is -0.110. The molecule has 22 heavy (non-hydrogen) atoms. The van der Waals surface area contributed by atoms with E-state index in [1.54, 1.807) is 12.2 Å². The minimum atomic E-state index is -0.204. The molecule has 2 heteroatoms. The molecule has 112 valence electrons. The van der Waals surface area contributed by atoms with Crippen molar-refractivity contribution in [1.29, 1.82) is 0 Å². The first kappa shape index (κ1) is 13.7. The molecular formula is C20H21NO. The Hall–Kier alpha value is -1.96. The highest BCUT2D eigenvalue weighted by molar-refractivity contribution is 6.12. The highest BCUT2D eigenvalue weighted by atomic mass is 16.1. The van der Waals surface area contributed by atoms with Crippen LogP contribution in [-0.2, 0) is 4.79 Å². The van der Waals surface area contributed by atoms with Crippen molar-refractivity contribution >= 4 is 11.5 Å². The van der Waals surface area contributed by atoms with Crippen LogP contribution in [-0.4, -0.2) is 17.0 Å². The van der Waals surface area contributed by atoms with Crippen molar-refractivity contribution in [3.8, 4) is 0 Å². The van der Waals surface area contributed by atoms with Gasteiger partial charge in [-0.25, -0.2) is 0 Å². The first-order valence-corrected chi connectivity index (χ1v) is 8.22. The number of ketones is 1. The van der Waals surface area contributed by atoms with Crippen LogP contribution in [0.25, 0.3) is 0 Å². The summed E-state index contributed by atoms with van der Waals surface area (Å²) in [5.41, 5.74) is 2.12. The van der Waals surface area contributed by atoms with Crippen LogP contribution in [0, 0.1) is 11.3 Å².